The molecule has 3 aromatic rings. The Morgan fingerprint density at radius 2 is 1.91 bits per heavy atom. The molecule has 168 valence electrons. The predicted molar refractivity (Wildman–Crippen MR) is 115 cm³/mol. The molecule has 0 saturated heterocycles. The van der Waals surface area contributed by atoms with Gasteiger partial charge in [0.1, 0.15) is 17.3 Å². The van der Waals surface area contributed by atoms with Gasteiger partial charge in [0.2, 0.25) is 0 Å². The molecular formula is C21H23N5O6. The number of ether oxygens (including phenoxy) is 1. The number of carboxylic acid groups (broad SMARTS) is 1. The number of furan rings is 1. The largest absolute Gasteiger partial charge is 0.513 e. The average molecular weight is 441 g/mol. The van der Waals surface area contributed by atoms with E-state index in [2.05, 4.69) is 32.3 Å². The van der Waals surface area contributed by atoms with E-state index in [4.69, 9.17) is 15.3 Å². The number of nitrogens with two attached hydrogens (primary N) is 1. The highest BCUT2D eigenvalue weighted by molar-refractivity contribution is 6.04. The first-order valence-corrected chi connectivity index (χ1v) is 9.89. The zero-order valence-electron chi connectivity index (χ0n) is 17.3. The van der Waals surface area contributed by atoms with Crippen molar-refractivity contribution >= 4 is 29.6 Å². The number of carbonyl (C=O) groups excluding carboxylic acids is 2. The minimum Gasteiger partial charge on any atom is -0.449 e. The third kappa shape index (κ3) is 6.11. The fourth-order valence-electron chi connectivity index (χ4n) is 2.94. The molecular weight excluding hydrogens is 418 g/mol. The maximum Gasteiger partial charge on any atom is 0.513 e. The van der Waals surface area contributed by atoms with Crippen molar-refractivity contribution in [3.8, 4) is 5.95 Å². The number of urea groups is 1. The van der Waals surface area contributed by atoms with Crippen LogP contribution >= 0.6 is 0 Å². The quantitative estimate of drug-likeness (QED) is 0.314. The van der Waals surface area contributed by atoms with E-state index in [1.54, 1.807) is 12.1 Å². The third-order valence-corrected chi connectivity index (χ3v) is 4.43. The topological polar surface area (TPSA) is 173 Å². The number of anilines is 2. The third-order valence-electron chi connectivity index (χ3n) is 4.43. The number of primary amides is 1. The van der Waals surface area contributed by atoms with E-state index in [1.165, 1.54) is 17.7 Å². The van der Waals surface area contributed by atoms with Gasteiger partial charge in [-0.3, -0.25) is 10.1 Å². The number of unbranched alkanes of at least 4 members (excludes halogenated alkanes) is 1. The molecule has 3 amide bonds. The Bertz CT molecular complexity index is 1100. The number of rotatable bonds is 9. The number of H-pyrrole nitrogens is 1. The molecule has 1 aromatic carbocycles. The zero-order valence-corrected chi connectivity index (χ0v) is 17.3. The second-order valence-electron chi connectivity index (χ2n) is 6.92. The summed E-state index contributed by atoms with van der Waals surface area (Å²) in [6.45, 7) is 2.13. The Kier molecular flexibility index (Phi) is 7.11. The van der Waals surface area contributed by atoms with Crippen LogP contribution in [0.4, 0.5) is 21.1 Å². The van der Waals surface area contributed by atoms with Gasteiger partial charge in [-0.05, 0) is 36.6 Å². The molecule has 0 saturated carbocycles. The summed E-state index contributed by atoms with van der Waals surface area (Å²) in [6.07, 6.45) is 1.74. The molecule has 0 atom stereocenters. The minimum absolute atomic E-state index is 0.0434. The average Bonchev–Trinajstić information content (AvgIpc) is 3.33. The van der Waals surface area contributed by atoms with Crippen LogP contribution in [0.15, 0.2) is 40.8 Å². The van der Waals surface area contributed by atoms with Crippen LogP contribution in [0, 0.1) is 0 Å². The number of nitrogens with one attached hydrogen (secondary N) is 3. The highest BCUT2D eigenvalue weighted by Gasteiger charge is 2.18. The second kappa shape index (κ2) is 10.2. The van der Waals surface area contributed by atoms with E-state index >= 15 is 0 Å². The van der Waals surface area contributed by atoms with Crippen LogP contribution in [0.5, 0.6) is 5.95 Å². The Hall–Kier alpha value is -4.28. The summed E-state index contributed by atoms with van der Waals surface area (Å²) in [7, 11) is 0. The molecule has 0 aliphatic heterocycles. The summed E-state index contributed by atoms with van der Waals surface area (Å²) >= 11 is 0. The van der Waals surface area contributed by atoms with Crippen LogP contribution < -0.4 is 21.1 Å². The van der Waals surface area contributed by atoms with E-state index in [0.717, 1.165) is 19.3 Å². The van der Waals surface area contributed by atoms with Crippen molar-refractivity contribution in [2.75, 3.05) is 10.6 Å². The standard InChI is InChI=1S/C21H23N5O6/c1-2-3-4-12-5-7-13(8-6-12)23-20(28)26-19-17(18(22)27)24-15(25-19)11-14-9-10-16(31-14)32-21(29)30/h5-10H,2-4,11H2,1H3,(H2,22,27)(H,24,25)(H,29,30)(H2,23,26,28). The van der Waals surface area contributed by atoms with Gasteiger partial charge in [-0.15, -0.1) is 0 Å². The van der Waals surface area contributed by atoms with Crippen molar-refractivity contribution < 1.29 is 28.6 Å². The molecule has 32 heavy (non-hydrogen) atoms. The van der Waals surface area contributed by atoms with Gasteiger partial charge in [-0.1, -0.05) is 25.5 Å². The van der Waals surface area contributed by atoms with Gasteiger partial charge in [0.15, 0.2) is 5.82 Å². The SMILES string of the molecule is CCCCc1ccc(NC(=O)Nc2nc(Cc3ccc(OC(=O)O)o3)[nH]c2C(N)=O)cc1. The van der Waals surface area contributed by atoms with Crippen molar-refractivity contribution in [2.45, 2.75) is 32.6 Å². The van der Waals surface area contributed by atoms with Crippen molar-refractivity contribution in [3.63, 3.8) is 0 Å². The molecule has 11 heteroatoms. The van der Waals surface area contributed by atoms with Crippen molar-refractivity contribution in [1.29, 1.82) is 0 Å². The number of aromatic nitrogens is 2. The second-order valence-corrected chi connectivity index (χ2v) is 6.92. The molecule has 0 unspecified atom stereocenters. The molecule has 0 spiro atoms. The normalized spacial score (nSPS) is 10.5. The summed E-state index contributed by atoms with van der Waals surface area (Å²) in [5.74, 6) is -0.463. The molecule has 6 N–H and O–H groups in total. The van der Waals surface area contributed by atoms with Gasteiger partial charge in [-0.25, -0.2) is 14.6 Å². The molecule has 2 aromatic heterocycles. The van der Waals surface area contributed by atoms with Gasteiger partial charge in [0.05, 0.1) is 6.42 Å². The molecule has 0 radical (unpaired) electrons. The van der Waals surface area contributed by atoms with Crippen molar-refractivity contribution in [1.82, 2.24) is 9.97 Å². The van der Waals surface area contributed by atoms with E-state index in [-0.39, 0.29) is 29.7 Å². The number of aromatic amines is 1. The molecule has 0 fully saturated rings. The molecule has 3 rings (SSSR count). The van der Waals surface area contributed by atoms with Crippen molar-refractivity contribution in [3.05, 3.63) is 59.2 Å². The monoisotopic (exact) mass is 441 g/mol. The predicted octanol–water partition coefficient (Wildman–Crippen LogP) is 3.74. The highest BCUT2D eigenvalue weighted by atomic mass is 16.7. The van der Waals surface area contributed by atoms with E-state index in [9.17, 15) is 14.4 Å². The number of carbonyl (C=O) groups is 3. The summed E-state index contributed by atoms with van der Waals surface area (Å²) < 4.78 is 9.64. The fourth-order valence-corrected chi connectivity index (χ4v) is 2.94. The first kappa shape index (κ1) is 22.4. The Morgan fingerprint density at radius 3 is 2.56 bits per heavy atom. The lowest BCUT2D eigenvalue weighted by Crippen LogP contribution is -2.22. The van der Waals surface area contributed by atoms with E-state index in [1.807, 2.05) is 12.1 Å². The number of nitrogens with zero attached hydrogens (tertiary/aromatic N) is 1. The van der Waals surface area contributed by atoms with Crippen LogP contribution in [0.2, 0.25) is 0 Å². The van der Waals surface area contributed by atoms with Crippen LogP contribution in [0.3, 0.4) is 0 Å². The summed E-state index contributed by atoms with van der Waals surface area (Å²) in [6, 6.07) is 9.71. The molecule has 0 aliphatic carbocycles. The van der Waals surface area contributed by atoms with Crippen LogP contribution in [0.25, 0.3) is 0 Å². The number of hydrogen-bond donors (Lipinski definition) is 5. The van der Waals surface area contributed by atoms with Crippen molar-refractivity contribution in [2.24, 2.45) is 5.73 Å². The molecule has 2 heterocycles. The number of imidazole rings is 1. The molecule has 0 aliphatic rings. The van der Waals surface area contributed by atoms with E-state index in [0.29, 0.717) is 11.4 Å². The molecule has 0 bridgehead atoms. The lowest BCUT2D eigenvalue weighted by Gasteiger charge is -2.07. The first-order valence-electron chi connectivity index (χ1n) is 9.89. The lowest BCUT2D eigenvalue weighted by molar-refractivity contribution is 0.0996. The van der Waals surface area contributed by atoms with Gasteiger partial charge >= 0.3 is 12.2 Å². The van der Waals surface area contributed by atoms with Crippen LogP contribution in [-0.2, 0) is 12.8 Å². The summed E-state index contributed by atoms with van der Waals surface area (Å²) in [4.78, 5) is 41.6. The maximum absolute atomic E-state index is 12.4. The summed E-state index contributed by atoms with van der Waals surface area (Å²) in [5.41, 5.74) is 7.05. The Morgan fingerprint density at radius 1 is 1.16 bits per heavy atom. The van der Waals surface area contributed by atoms with Gasteiger partial charge in [-0.2, -0.15) is 0 Å². The Labute approximate surface area is 183 Å². The summed E-state index contributed by atoms with van der Waals surface area (Å²) in [5, 5.41) is 13.8. The molecule has 11 nitrogen and oxygen atoms in total. The first-order chi connectivity index (χ1) is 15.3. The van der Waals surface area contributed by atoms with Crippen LogP contribution in [-0.4, -0.2) is 33.2 Å². The smallest absolute Gasteiger partial charge is 0.449 e. The number of aryl methyl sites for hydroxylation is 1. The van der Waals surface area contributed by atoms with Crippen LogP contribution in [0.1, 0.15) is 47.4 Å². The minimum atomic E-state index is -1.51. The van der Waals surface area contributed by atoms with Gasteiger partial charge in [0.25, 0.3) is 11.9 Å². The number of hydrogen-bond acceptors (Lipinski definition) is 6. The Balaban J connectivity index is 1.65. The van der Waals surface area contributed by atoms with E-state index < -0.39 is 18.1 Å². The maximum atomic E-state index is 12.4. The van der Waals surface area contributed by atoms with Gasteiger partial charge in [0, 0.05) is 11.8 Å². The highest BCUT2D eigenvalue weighted by Crippen LogP contribution is 2.20. The fraction of sp³-hybridized carbons (Fsp3) is 0.238. The zero-order chi connectivity index (χ0) is 23.1. The number of benzene rings is 1. The number of amides is 3. The van der Waals surface area contributed by atoms with Gasteiger partial charge < -0.3 is 30.3 Å². The lowest BCUT2D eigenvalue weighted by atomic mass is 10.1.